The number of amides is 1. The van der Waals surface area contributed by atoms with Crippen molar-refractivity contribution in [3.63, 3.8) is 0 Å². The zero-order chi connectivity index (χ0) is 18.0. The standard InChI is InChI=1S/C19H19F2NO3/c1-24-13-6-8-18(25-2)14(11-13)17-4-3-9-22(17)19(23)12-5-7-15(20)16(21)10-12/h5-8,10-11,17H,3-4,9H2,1-2H3/t17-/m0/s1. The maximum Gasteiger partial charge on any atom is 0.254 e. The van der Waals surface area contributed by atoms with E-state index in [0.29, 0.717) is 18.0 Å². The topological polar surface area (TPSA) is 38.8 Å². The maximum atomic E-state index is 13.5. The van der Waals surface area contributed by atoms with Crippen molar-refractivity contribution in [2.75, 3.05) is 20.8 Å². The van der Waals surface area contributed by atoms with E-state index < -0.39 is 11.6 Å². The largest absolute Gasteiger partial charge is 0.497 e. The van der Waals surface area contributed by atoms with Gasteiger partial charge in [-0.3, -0.25) is 4.79 Å². The van der Waals surface area contributed by atoms with E-state index in [-0.39, 0.29) is 17.5 Å². The summed E-state index contributed by atoms with van der Waals surface area (Å²) in [6.07, 6.45) is 1.58. The smallest absolute Gasteiger partial charge is 0.254 e. The molecule has 6 heteroatoms. The third-order valence-electron chi connectivity index (χ3n) is 4.48. The summed E-state index contributed by atoms with van der Waals surface area (Å²) in [7, 11) is 3.15. The van der Waals surface area contributed by atoms with E-state index in [2.05, 4.69) is 0 Å². The van der Waals surface area contributed by atoms with Crippen LogP contribution in [0.5, 0.6) is 11.5 Å². The quantitative estimate of drug-likeness (QED) is 0.840. The Morgan fingerprint density at radius 3 is 2.56 bits per heavy atom. The Morgan fingerprint density at radius 1 is 1.08 bits per heavy atom. The Kier molecular flexibility index (Phi) is 4.88. The monoisotopic (exact) mass is 347 g/mol. The summed E-state index contributed by atoms with van der Waals surface area (Å²) in [6, 6.07) is 8.45. The van der Waals surface area contributed by atoms with Crippen LogP contribution in [0, 0.1) is 11.6 Å². The number of hydrogen-bond donors (Lipinski definition) is 0. The summed E-state index contributed by atoms with van der Waals surface area (Å²) in [5.41, 5.74) is 0.975. The van der Waals surface area contributed by atoms with Crippen molar-refractivity contribution in [2.24, 2.45) is 0 Å². The Hall–Kier alpha value is -2.63. The fraction of sp³-hybridized carbons (Fsp3) is 0.316. The van der Waals surface area contributed by atoms with Gasteiger partial charge in [0.15, 0.2) is 11.6 Å². The van der Waals surface area contributed by atoms with Crippen molar-refractivity contribution in [3.8, 4) is 11.5 Å². The average Bonchev–Trinajstić information content (AvgIpc) is 3.12. The fourth-order valence-corrected chi connectivity index (χ4v) is 3.23. The van der Waals surface area contributed by atoms with Crippen LogP contribution in [-0.4, -0.2) is 31.6 Å². The minimum atomic E-state index is -1.03. The number of nitrogens with zero attached hydrogens (tertiary/aromatic N) is 1. The number of rotatable bonds is 4. The number of carbonyl (C=O) groups excluding carboxylic acids is 1. The zero-order valence-electron chi connectivity index (χ0n) is 14.1. The number of benzene rings is 2. The Bertz CT molecular complexity index is 794. The van der Waals surface area contributed by atoms with Gasteiger partial charge in [0.2, 0.25) is 0 Å². The van der Waals surface area contributed by atoms with E-state index in [1.807, 2.05) is 6.07 Å². The van der Waals surface area contributed by atoms with Crippen LogP contribution in [0.25, 0.3) is 0 Å². The van der Waals surface area contributed by atoms with E-state index in [4.69, 9.17) is 9.47 Å². The van der Waals surface area contributed by atoms with Gasteiger partial charge < -0.3 is 14.4 Å². The molecule has 1 atom stereocenters. The second-order valence-corrected chi connectivity index (χ2v) is 5.89. The van der Waals surface area contributed by atoms with Crippen LogP contribution in [0.4, 0.5) is 8.78 Å². The molecule has 1 saturated heterocycles. The molecule has 1 heterocycles. The van der Waals surface area contributed by atoms with Gasteiger partial charge in [-0.05, 0) is 49.2 Å². The molecule has 0 aromatic heterocycles. The molecule has 0 bridgehead atoms. The molecule has 3 rings (SSSR count). The number of ether oxygens (including phenoxy) is 2. The molecule has 0 spiro atoms. The lowest BCUT2D eigenvalue weighted by atomic mass is 10.0. The molecule has 0 saturated carbocycles. The lowest BCUT2D eigenvalue weighted by Gasteiger charge is -2.27. The molecule has 1 aliphatic heterocycles. The predicted molar refractivity (Wildman–Crippen MR) is 88.9 cm³/mol. The summed E-state index contributed by atoms with van der Waals surface area (Å²) in [4.78, 5) is 14.5. The summed E-state index contributed by atoms with van der Waals surface area (Å²) < 4.78 is 37.3. The maximum absolute atomic E-state index is 13.5. The van der Waals surface area contributed by atoms with Crippen LogP contribution >= 0.6 is 0 Å². The van der Waals surface area contributed by atoms with Crippen molar-refractivity contribution in [1.82, 2.24) is 4.90 Å². The highest BCUT2D eigenvalue weighted by atomic mass is 19.2. The molecule has 0 radical (unpaired) electrons. The number of likely N-dealkylation sites (tertiary alicyclic amines) is 1. The summed E-state index contributed by atoms with van der Waals surface area (Å²) in [5.74, 6) is -0.991. The van der Waals surface area contributed by atoms with Gasteiger partial charge >= 0.3 is 0 Å². The SMILES string of the molecule is COc1ccc(OC)c([C@@H]2CCCN2C(=O)c2ccc(F)c(F)c2)c1. The van der Waals surface area contributed by atoms with Crippen molar-refractivity contribution >= 4 is 5.91 Å². The lowest BCUT2D eigenvalue weighted by molar-refractivity contribution is 0.0733. The third-order valence-corrected chi connectivity index (χ3v) is 4.48. The summed E-state index contributed by atoms with van der Waals surface area (Å²) in [5, 5.41) is 0. The summed E-state index contributed by atoms with van der Waals surface area (Å²) in [6.45, 7) is 0.545. The van der Waals surface area contributed by atoms with Crippen LogP contribution in [0.3, 0.4) is 0 Å². The van der Waals surface area contributed by atoms with E-state index in [1.54, 1.807) is 31.3 Å². The van der Waals surface area contributed by atoms with Crippen molar-refractivity contribution < 1.29 is 23.0 Å². The van der Waals surface area contributed by atoms with Gasteiger partial charge in [0, 0.05) is 17.7 Å². The average molecular weight is 347 g/mol. The normalized spacial score (nSPS) is 16.8. The molecule has 0 unspecified atom stereocenters. The number of hydrogen-bond acceptors (Lipinski definition) is 3. The van der Waals surface area contributed by atoms with Crippen LogP contribution < -0.4 is 9.47 Å². The first kappa shape index (κ1) is 17.2. The first-order valence-corrected chi connectivity index (χ1v) is 8.03. The van der Waals surface area contributed by atoms with Crippen LogP contribution in [0.15, 0.2) is 36.4 Å². The summed E-state index contributed by atoms with van der Waals surface area (Å²) >= 11 is 0. The van der Waals surface area contributed by atoms with Gasteiger partial charge in [0.1, 0.15) is 11.5 Å². The minimum Gasteiger partial charge on any atom is -0.497 e. The van der Waals surface area contributed by atoms with E-state index in [0.717, 1.165) is 30.5 Å². The first-order valence-electron chi connectivity index (χ1n) is 8.03. The number of methoxy groups -OCH3 is 2. The molecule has 132 valence electrons. The van der Waals surface area contributed by atoms with Crippen LogP contribution in [-0.2, 0) is 0 Å². The van der Waals surface area contributed by atoms with Gasteiger partial charge in [-0.15, -0.1) is 0 Å². The first-order chi connectivity index (χ1) is 12.0. The van der Waals surface area contributed by atoms with Gasteiger partial charge in [-0.25, -0.2) is 8.78 Å². The fourth-order valence-electron chi connectivity index (χ4n) is 3.23. The minimum absolute atomic E-state index is 0.132. The van der Waals surface area contributed by atoms with Crippen LogP contribution in [0.2, 0.25) is 0 Å². The molecule has 1 fully saturated rings. The zero-order valence-corrected chi connectivity index (χ0v) is 14.1. The molecule has 4 nitrogen and oxygen atoms in total. The van der Waals surface area contributed by atoms with Gasteiger partial charge in [0.25, 0.3) is 5.91 Å². The highest BCUT2D eigenvalue weighted by Gasteiger charge is 2.33. The molecule has 0 N–H and O–H groups in total. The molecule has 1 aliphatic rings. The Morgan fingerprint density at radius 2 is 1.88 bits per heavy atom. The Labute approximate surface area is 145 Å². The molecular weight excluding hydrogens is 328 g/mol. The highest BCUT2D eigenvalue weighted by molar-refractivity contribution is 5.94. The van der Waals surface area contributed by atoms with Crippen molar-refractivity contribution in [3.05, 3.63) is 59.2 Å². The molecule has 2 aromatic carbocycles. The molecule has 25 heavy (non-hydrogen) atoms. The van der Waals surface area contributed by atoms with E-state index in [1.165, 1.54) is 6.07 Å². The molecule has 0 aliphatic carbocycles. The lowest BCUT2D eigenvalue weighted by Crippen LogP contribution is -2.30. The second kappa shape index (κ2) is 7.09. The van der Waals surface area contributed by atoms with Crippen molar-refractivity contribution in [2.45, 2.75) is 18.9 Å². The Balaban J connectivity index is 1.95. The van der Waals surface area contributed by atoms with E-state index in [9.17, 15) is 13.6 Å². The molecule has 2 aromatic rings. The highest BCUT2D eigenvalue weighted by Crippen LogP contribution is 2.39. The molecular formula is C19H19F2NO3. The van der Waals surface area contributed by atoms with Gasteiger partial charge in [-0.1, -0.05) is 0 Å². The number of carbonyl (C=O) groups is 1. The third kappa shape index (κ3) is 3.29. The van der Waals surface area contributed by atoms with Crippen molar-refractivity contribution in [1.29, 1.82) is 0 Å². The predicted octanol–water partition coefficient (Wildman–Crippen LogP) is 3.96. The van der Waals surface area contributed by atoms with Gasteiger partial charge in [0.05, 0.1) is 20.3 Å². The van der Waals surface area contributed by atoms with Gasteiger partial charge in [-0.2, -0.15) is 0 Å². The number of halogens is 2. The van der Waals surface area contributed by atoms with Crippen LogP contribution in [0.1, 0.15) is 34.8 Å². The molecule has 1 amide bonds. The second-order valence-electron chi connectivity index (χ2n) is 5.89. The van der Waals surface area contributed by atoms with E-state index >= 15 is 0 Å².